The molecular formula is C12H24N2O2. The molecule has 0 aliphatic carbocycles. The molecule has 0 aromatic carbocycles. The minimum absolute atomic E-state index is 0.0437. The fourth-order valence-electron chi connectivity index (χ4n) is 1.81. The Bertz CT molecular complexity index is 243. The third-order valence-corrected chi connectivity index (χ3v) is 3.19. The number of amides is 1. The average Bonchev–Trinajstić information content (AvgIpc) is 2.21. The van der Waals surface area contributed by atoms with E-state index in [1.54, 1.807) is 0 Å². The molecule has 0 aromatic rings. The maximum absolute atomic E-state index is 12.1. The van der Waals surface area contributed by atoms with Crippen LogP contribution in [0.3, 0.4) is 0 Å². The first-order valence-electron chi connectivity index (χ1n) is 6.08. The van der Waals surface area contributed by atoms with Crippen molar-refractivity contribution in [2.24, 2.45) is 11.7 Å². The molecule has 0 saturated carbocycles. The van der Waals surface area contributed by atoms with E-state index in [2.05, 4.69) is 0 Å². The van der Waals surface area contributed by atoms with Gasteiger partial charge in [-0.25, -0.2) is 0 Å². The number of ether oxygens (including phenoxy) is 1. The summed E-state index contributed by atoms with van der Waals surface area (Å²) < 4.78 is 5.50. The molecule has 1 rings (SSSR count). The van der Waals surface area contributed by atoms with Gasteiger partial charge in [0, 0.05) is 19.0 Å². The Morgan fingerprint density at radius 2 is 2.12 bits per heavy atom. The first kappa shape index (κ1) is 13.5. The van der Waals surface area contributed by atoms with Crippen molar-refractivity contribution in [1.29, 1.82) is 0 Å². The van der Waals surface area contributed by atoms with Gasteiger partial charge in [0.05, 0.1) is 18.8 Å². The van der Waals surface area contributed by atoms with Crippen molar-refractivity contribution in [3.05, 3.63) is 0 Å². The first-order chi connectivity index (χ1) is 7.41. The molecule has 4 nitrogen and oxygen atoms in total. The fourth-order valence-corrected chi connectivity index (χ4v) is 1.81. The molecule has 2 N–H and O–H groups in total. The van der Waals surface area contributed by atoms with Gasteiger partial charge >= 0.3 is 0 Å². The van der Waals surface area contributed by atoms with Crippen LogP contribution < -0.4 is 5.73 Å². The minimum Gasteiger partial charge on any atom is -0.375 e. The summed E-state index contributed by atoms with van der Waals surface area (Å²) in [6.45, 7) is 9.42. The van der Waals surface area contributed by atoms with Crippen LogP contribution in [0, 0.1) is 5.92 Å². The lowest BCUT2D eigenvalue weighted by atomic mass is 10.0. The van der Waals surface area contributed by atoms with Gasteiger partial charge in [0.1, 0.15) is 0 Å². The molecule has 94 valence electrons. The highest BCUT2D eigenvalue weighted by Gasteiger charge is 2.28. The predicted octanol–water partition coefficient (Wildman–Crippen LogP) is 0.996. The minimum atomic E-state index is -0.0437. The molecule has 0 aromatic heterocycles. The van der Waals surface area contributed by atoms with Crippen molar-refractivity contribution in [2.45, 2.75) is 52.3 Å². The van der Waals surface area contributed by atoms with Crippen LogP contribution in [0.1, 0.15) is 34.1 Å². The molecule has 1 heterocycles. The van der Waals surface area contributed by atoms with E-state index in [0.717, 1.165) is 0 Å². The molecule has 1 aliphatic heterocycles. The van der Waals surface area contributed by atoms with Crippen molar-refractivity contribution in [3.8, 4) is 0 Å². The summed E-state index contributed by atoms with van der Waals surface area (Å²) in [7, 11) is 0. The number of rotatable bonds is 3. The lowest BCUT2D eigenvalue weighted by Gasteiger charge is -2.37. The highest BCUT2D eigenvalue weighted by Crippen LogP contribution is 2.14. The topological polar surface area (TPSA) is 55.6 Å². The molecule has 0 radical (unpaired) electrons. The van der Waals surface area contributed by atoms with Gasteiger partial charge in [-0.1, -0.05) is 13.8 Å². The Morgan fingerprint density at radius 1 is 1.50 bits per heavy atom. The highest BCUT2D eigenvalue weighted by atomic mass is 16.5. The van der Waals surface area contributed by atoms with Crippen LogP contribution >= 0.6 is 0 Å². The second-order valence-corrected chi connectivity index (χ2v) is 5.15. The lowest BCUT2D eigenvalue weighted by Crippen LogP contribution is -2.51. The van der Waals surface area contributed by atoms with Crippen LogP contribution in [0.4, 0.5) is 0 Å². The standard InChI is InChI=1S/C12H24N2O2/c1-8(2)11(13)5-12(15)14-6-10(4)16-7-9(14)3/h8-11H,5-7,13H2,1-4H3. The van der Waals surface area contributed by atoms with Crippen LogP contribution in [0.5, 0.6) is 0 Å². The van der Waals surface area contributed by atoms with Gasteiger partial charge < -0.3 is 15.4 Å². The van der Waals surface area contributed by atoms with E-state index < -0.39 is 0 Å². The van der Waals surface area contributed by atoms with Crippen LogP contribution in [0.15, 0.2) is 0 Å². The van der Waals surface area contributed by atoms with E-state index >= 15 is 0 Å². The smallest absolute Gasteiger partial charge is 0.224 e. The molecule has 0 bridgehead atoms. The largest absolute Gasteiger partial charge is 0.375 e. The maximum Gasteiger partial charge on any atom is 0.224 e. The molecule has 1 amide bonds. The Hall–Kier alpha value is -0.610. The fraction of sp³-hybridized carbons (Fsp3) is 0.917. The summed E-state index contributed by atoms with van der Waals surface area (Å²) in [6, 6.07) is 0.126. The maximum atomic E-state index is 12.1. The summed E-state index contributed by atoms with van der Waals surface area (Å²) in [5.74, 6) is 0.501. The molecule has 1 fully saturated rings. The first-order valence-corrected chi connectivity index (χ1v) is 6.08. The normalized spacial score (nSPS) is 28.2. The molecule has 3 atom stereocenters. The third kappa shape index (κ3) is 3.46. The van der Waals surface area contributed by atoms with Crippen LogP contribution in [-0.4, -0.2) is 42.1 Å². The second-order valence-electron chi connectivity index (χ2n) is 5.15. The SMILES string of the molecule is CC1CN(C(=O)CC(N)C(C)C)C(C)CO1. The monoisotopic (exact) mass is 228 g/mol. The predicted molar refractivity (Wildman–Crippen MR) is 64.0 cm³/mol. The van der Waals surface area contributed by atoms with Crippen LogP contribution in [0.2, 0.25) is 0 Å². The average molecular weight is 228 g/mol. The lowest BCUT2D eigenvalue weighted by molar-refractivity contribution is -0.143. The summed E-state index contributed by atoms with van der Waals surface area (Å²) in [5, 5.41) is 0. The van der Waals surface area contributed by atoms with E-state index in [1.807, 2.05) is 32.6 Å². The van der Waals surface area contributed by atoms with Gasteiger partial charge in [-0.05, 0) is 19.8 Å². The quantitative estimate of drug-likeness (QED) is 0.784. The van der Waals surface area contributed by atoms with Crippen LogP contribution in [0.25, 0.3) is 0 Å². The summed E-state index contributed by atoms with van der Waals surface area (Å²) in [5.41, 5.74) is 5.93. The van der Waals surface area contributed by atoms with Gasteiger partial charge in [0.2, 0.25) is 5.91 Å². The summed E-state index contributed by atoms with van der Waals surface area (Å²) in [4.78, 5) is 14.0. The molecule has 16 heavy (non-hydrogen) atoms. The number of morpholine rings is 1. The van der Waals surface area contributed by atoms with E-state index in [4.69, 9.17) is 10.5 Å². The zero-order chi connectivity index (χ0) is 12.3. The third-order valence-electron chi connectivity index (χ3n) is 3.19. The molecule has 0 spiro atoms. The van der Waals surface area contributed by atoms with E-state index in [1.165, 1.54) is 0 Å². The summed E-state index contributed by atoms with van der Waals surface area (Å²) in [6.07, 6.45) is 0.574. The number of nitrogens with two attached hydrogens (primary N) is 1. The molecule has 4 heteroatoms. The Labute approximate surface area is 98.1 Å². The van der Waals surface area contributed by atoms with E-state index in [9.17, 15) is 4.79 Å². The zero-order valence-electron chi connectivity index (χ0n) is 10.8. The van der Waals surface area contributed by atoms with E-state index in [0.29, 0.717) is 25.5 Å². The highest BCUT2D eigenvalue weighted by molar-refractivity contribution is 5.77. The number of hydrogen-bond donors (Lipinski definition) is 1. The Kier molecular flexibility index (Phi) is 4.74. The Morgan fingerprint density at radius 3 is 2.69 bits per heavy atom. The van der Waals surface area contributed by atoms with Crippen molar-refractivity contribution < 1.29 is 9.53 Å². The van der Waals surface area contributed by atoms with Gasteiger partial charge in [-0.2, -0.15) is 0 Å². The second kappa shape index (κ2) is 5.64. The van der Waals surface area contributed by atoms with Gasteiger partial charge in [-0.15, -0.1) is 0 Å². The van der Waals surface area contributed by atoms with Gasteiger partial charge in [0.15, 0.2) is 0 Å². The zero-order valence-corrected chi connectivity index (χ0v) is 10.8. The van der Waals surface area contributed by atoms with Crippen molar-refractivity contribution in [2.75, 3.05) is 13.2 Å². The number of hydrogen-bond acceptors (Lipinski definition) is 3. The van der Waals surface area contributed by atoms with Crippen molar-refractivity contribution in [3.63, 3.8) is 0 Å². The van der Waals surface area contributed by atoms with Crippen LogP contribution in [-0.2, 0) is 9.53 Å². The van der Waals surface area contributed by atoms with Gasteiger partial charge in [-0.3, -0.25) is 4.79 Å². The van der Waals surface area contributed by atoms with Crippen molar-refractivity contribution in [1.82, 2.24) is 4.90 Å². The molecule has 1 aliphatic rings. The van der Waals surface area contributed by atoms with E-state index in [-0.39, 0.29) is 24.1 Å². The molecular weight excluding hydrogens is 204 g/mol. The molecule has 3 unspecified atom stereocenters. The molecule has 1 saturated heterocycles. The summed E-state index contributed by atoms with van der Waals surface area (Å²) >= 11 is 0. The number of carbonyl (C=O) groups is 1. The van der Waals surface area contributed by atoms with Crippen molar-refractivity contribution >= 4 is 5.91 Å². The van der Waals surface area contributed by atoms with Gasteiger partial charge in [0.25, 0.3) is 0 Å². The Balaban J connectivity index is 2.51. The number of carbonyl (C=O) groups excluding carboxylic acids is 1. The number of nitrogens with zero attached hydrogens (tertiary/aromatic N) is 1.